The Morgan fingerprint density at radius 2 is 1.82 bits per heavy atom. The van der Waals surface area contributed by atoms with Gasteiger partial charge >= 0.3 is 0 Å². The fraction of sp³-hybridized carbons (Fsp3) is 0.154. The minimum atomic E-state index is -0.275. The van der Waals surface area contributed by atoms with Gasteiger partial charge in [0.25, 0.3) is 5.56 Å². The molecule has 2 aromatic heterocycles. The number of rotatable bonds is 5. The second-order valence-electron chi connectivity index (χ2n) is 8.18. The molecule has 8 heteroatoms. The standard InChI is InChI=1S/C26H21ClN4O3/c27-16-8-6-15(7-9-16)25-23(17-4-1-2-5-20(17)31(25)11-3-10-28)24-26(32)30-19-13-22-21(33-14-34-22)12-18(19)29-24/h1-2,4-9,12-13H,3,10-11,14,28H2,(H,30,32). The molecule has 0 saturated carbocycles. The highest BCUT2D eigenvalue weighted by molar-refractivity contribution is 6.30. The third kappa shape index (κ3) is 3.32. The normalized spacial score (nSPS) is 12.6. The highest BCUT2D eigenvalue weighted by Crippen LogP contribution is 2.41. The van der Waals surface area contributed by atoms with E-state index in [1.165, 1.54) is 0 Å². The van der Waals surface area contributed by atoms with Gasteiger partial charge in [0, 0.05) is 40.2 Å². The smallest absolute Gasteiger partial charge is 0.275 e. The van der Waals surface area contributed by atoms with Gasteiger partial charge in [-0.05, 0) is 36.7 Å². The van der Waals surface area contributed by atoms with E-state index in [9.17, 15) is 4.79 Å². The minimum absolute atomic E-state index is 0.151. The summed E-state index contributed by atoms with van der Waals surface area (Å²) < 4.78 is 13.2. The summed E-state index contributed by atoms with van der Waals surface area (Å²) in [5.41, 5.74) is 10.8. The van der Waals surface area contributed by atoms with Crippen LogP contribution in [0.3, 0.4) is 0 Å². The highest BCUT2D eigenvalue weighted by Gasteiger charge is 2.24. The Bertz CT molecular complexity index is 1610. The third-order valence-corrected chi connectivity index (χ3v) is 6.35. The molecule has 170 valence electrons. The average Bonchev–Trinajstić information content (AvgIpc) is 3.43. The molecule has 3 aromatic carbocycles. The highest BCUT2D eigenvalue weighted by atomic mass is 35.5. The Hall–Kier alpha value is -3.81. The van der Waals surface area contributed by atoms with Crippen molar-refractivity contribution in [1.82, 2.24) is 14.5 Å². The molecule has 0 spiro atoms. The van der Waals surface area contributed by atoms with E-state index in [1.807, 2.05) is 42.5 Å². The van der Waals surface area contributed by atoms with Crippen LogP contribution in [0.1, 0.15) is 6.42 Å². The monoisotopic (exact) mass is 472 g/mol. The summed E-state index contributed by atoms with van der Waals surface area (Å²) in [6, 6.07) is 19.2. The van der Waals surface area contributed by atoms with Crippen molar-refractivity contribution in [3.63, 3.8) is 0 Å². The number of benzene rings is 3. The number of hydrogen-bond acceptors (Lipinski definition) is 5. The summed E-state index contributed by atoms with van der Waals surface area (Å²) in [5, 5.41) is 1.59. The van der Waals surface area contributed by atoms with Gasteiger partial charge in [0.2, 0.25) is 6.79 Å². The molecule has 0 fully saturated rings. The molecule has 3 N–H and O–H groups in total. The molecule has 3 heterocycles. The molecule has 0 atom stereocenters. The lowest BCUT2D eigenvalue weighted by Crippen LogP contribution is -2.12. The number of hydrogen-bond donors (Lipinski definition) is 2. The van der Waals surface area contributed by atoms with Gasteiger partial charge in [-0.1, -0.05) is 41.9 Å². The van der Waals surface area contributed by atoms with E-state index in [1.54, 1.807) is 12.1 Å². The van der Waals surface area contributed by atoms with E-state index in [2.05, 4.69) is 15.6 Å². The molecule has 0 bridgehead atoms. The lowest BCUT2D eigenvalue weighted by Gasteiger charge is -2.13. The molecule has 6 rings (SSSR count). The summed E-state index contributed by atoms with van der Waals surface area (Å²) in [7, 11) is 0. The quantitative estimate of drug-likeness (QED) is 0.377. The van der Waals surface area contributed by atoms with E-state index in [0.29, 0.717) is 46.3 Å². The second kappa shape index (κ2) is 8.20. The number of nitrogens with zero attached hydrogens (tertiary/aromatic N) is 2. The maximum Gasteiger partial charge on any atom is 0.275 e. The SMILES string of the molecule is NCCCn1c(-c2ccc(Cl)cc2)c(-c2nc3cc4c(cc3[nH]c2=O)OCO4)c2ccccc21. The number of fused-ring (bicyclic) bond motifs is 3. The maximum atomic E-state index is 13.4. The van der Waals surface area contributed by atoms with Crippen molar-refractivity contribution in [2.24, 2.45) is 5.73 Å². The summed E-state index contributed by atoms with van der Waals surface area (Å²) in [6.45, 7) is 1.42. The molecule has 7 nitrogen and oxygen atoms in total. The van der Waals surface area contributed by atoms with Crippen LogP contribution in [0.2, 0.25) is 5.02 Å². The molecule has 0 unspecified atom stereocenters. The first-order valence-corrected chi connectivity index (χ1v) is 11.4. The number of halogens is 1. The molecule has 0 aliphatic carbocycles. The van der Waals surface area contributed by atoms with E-state index < -0.39 is 0 Å². The van der Waals surface area contributed by atoms with Crippen LogP contribution in [0.25, 0.3) is 44.5 Å². The molecule has 34 heavy (non-hydrogen) atoms. The molecule has 5 aromatic rings. The molecule has 0 amide bonds. The van der Waals surface area contributed by atoms with Gasteiger partial charge in [0.1, 0.15) is 5.69 Å². The zero-order valence-electron chi connectivity index (χ0n) is 18.2. The maximum absolute atomic E-state index is 13.4. The first-order chi connectivity index (χ1) is 16.6. The summed E-state index contributed by atoms with van der Waals surface area (Å²) in [4.78, 5) is 21.2. The first-order valence-electron chi connectivity index (χ1n) is 11.1. The number of aromatic amines is 1. The van der Waals surface area contributed by atoms with E-state index in [-0.39, 0.29) is 12.4 Å². The van der Waals surface area contributed by atoms with Crippen molar-refractivity contribution in [3.05, 3.63) is 76.0 Å². The Balaban J connectivity index is 1.68. The van der Waals surface area contributed by atoms with Gasteiger partial charge in [-0.15, -0.1) is 0 Å². The van der Waals surface area contributed by atoms with Crippen LogP contribution in [0.5, 0.6) is 11.5 Å². The van der Waals surface area contributed by atoms with Crippen molar-refractivity contribution in [2.45, 2.75) is 13.0 Å². The van der Waals surface area contributed by atoms with E-state index in [0.717, 1.165) is 34.1 Å². The largest absolute Gasteiger partial charge is 0.454 e. The van der Waals surface area contributed by atoms with Gasteiger partial charge in [0.05, 0.1) is 16.7 Å². The van der Waals surface area contributed by atoms with Crippen LogP contribution < -0.4 is 20.8 Å². The topological polar surface area (TPSA) is 95.2 Å². The van der Waals surface area contributed by atoms with Crippen LogP contribution in [0.15, 0.2) is 65.5 Å². The number of nitrogens with two attached hydrogens (primary N) is 1. The van der Waals surface area contributed by atoms with Crippen molar-refractivity contribution in [3.8, 4) is 34.0 Å². The van der Waals surface area contributed by atoms with Crippen LogP contribution in [-0.4, -0.2) is 27.9 Å². The van der Waals surface area contributed by atoms with Crippen LogP contribution in [0.4, 0.5) is 0 Å². The molecule has 1 aliphatic rings. The Morgan fingerprint density at radius 1 is 1.06 bits per heavy atom. The second-order valence-corrected chi connectivity index (χ2v) is 8.62. The number of ether oxygens (including phenoxy) is 2. The summed E-state index contributed by atoms with van der Waals surface area (Å²) in [5.74, 6) is 1.21. The zero-order chi connectivity index (χ0) is 23.2. The van der Waals surface area contributed by atoms with Crippen LogP contribution >= 0.6 is 11.6 Å². The minimum Gasteiger partial charge on any atom is -0.454 e. The zero-order valence-corrected chi connectivity index (χ0v) is 18.9. The third-order valence-electron chi connectivity index (χ3n) is 6.10. The fourth-order valence-electron chi connectivity index (χ4n) is 4.58. The lowest BCUT2D eigenvalue weighted by atomic mass is 10.0. The van der Waals surface area contributed by atoms with E-state index >= 15 is 0 Å². The predicted molar refractivity (Wildman–Crippen MR) is 134 cm³/mol. The fourth-order valence-corrected chi connectivity index (χ4v) is 4.70. The van der Waals surface area contributed by atoms with Gasteiger partial charge in [-0.3, -0.25) is 4.79 Å². The number of para-hydroxylation sites is 1. The lowest BCUT2D eigenvalue weighted by molar-refractivity contribution is 0.174. The van der Waals surface area contributed by atoms with Crippen molar-refractivity contribution in [1.29, 1.82) is 0 Å². The van der Waals surface area contributed by atoms with Crippen LogP contribution in [0, 0.1) is 0 Å². The predicted octanol–water partition coefficient (Wildman–Crippen LogP) is 4.94. The van der Waals surface area contributed by atoms with Crippen molar-refractivity contribution in [2.75, 3.05) is 13.3 Å². The number of aromatic nitrogens is 3. The Morgan fingerprint density at radius 3 is 2.62 bits per heavy atom. The number of aryl methyl sites for hydroxylation is 1. The average molecular weight is 473 g/mol. The molecular formula is C26H21ClN4O3. The Kier molecular flexibility index (Phi) is 5.01. The Labute approximate surface area is 199 Å². The molecule has 0 saturated heterocycles. The first kappa shape index (κ1) is 20.8. The van der Waals surface area contributed by atoms with Gasteiger partial charge < -0.3 is 24.8 Å². The van der Waals surface area contributed by atoms with Gasteiger partial charge in [-0.2, -0.15) is 0 Å². The van der Waals surface area contributed by atoms with Crippen LogP contribution in [-0.2, 0) is 6.54 Å². The molecule has 1 aliphatic heterocycles. The summed E-state index contributed by atoms with van der Waals surface area (Å²) >= 11 is 6.18. The van der Waals surface area contributed by atoms with Crippen molar-refractivity contribution < 1.29 is 9.47 Å². The van der Waals surface area contributed by atoms with Gasteiger partial charge in [0.15, 0.2) is 11.5 Å². The van der Waals surface area contributed by atoms with E-state index in [4.69, 9.17) is 31.8 Å². The number of H-pyrrole nitrogens is 1. The number of nitrogens with one attached hydrogen (secondary N) is 1. The summed E-state index contributed by atoms with van der Waals surface area (Å²) in [6.07, 6.45) is 0.795. The molecule has 0 radical (unpaired) electrons. The van der Waals surface area contributed by atoms with Gasteiger partial charge in [-0.25, -0.2) is 4.98 Å². The molecular weight excluding hydrogens is 452 g/mol. The van der Waals surface area contributed by atoms with Crippen molar-refractivity contribution >= 4 is 33.5 Å².